The molecule has 1 aromatic heterocycles. The summed E-state index contributed by atoms with van der Waals surface area (Å²) in [7, 11) is 0. The van der Waals surface area contributed by atoms with Crippen LogP contribution in [0, 0.1) is 13.8 Å². The topological polar surface area (TPSA) is 79.7 Å². The van der Waals surface area contributed by atoms with Crippen LogP contribution in [-0.2, 0) is 9.59 Å². The van der Waals surface area contributed by atoms with Gasteiger partial charge in [0.25, 0.3) is 5.78 Å². The van der Waals surface area contributed by atoms with E-state index in [-0.39, 0.29) is 11.3 Å². The quantitative estimate of drug-likeness (QED) is 0.361. The van der Waals surface area contributed by atoms with Gasteiger partial charge in [0, 0.05) is 11.8 Å². The summed E-state index contributed by atoms with van der Waals surface area (Å²) in [4.78, 5) is 31.9. The lowest BCUT2D eigenvalue weighted by atomic mass is 9.94. The molecule has 1 N–H and O–H groups in total. The Morgan fingerprint density at radius 1 is 1.06 bits per heavy atom. The van der Waals surface area contributed by atoms with Crippen molar-refractivity contribution in [1.29, 1.82) is 0 Å². The summed E-state index contributed by atoms with van der Waals surface area (Å²) in [6.45, 7) is 6.25. The number of Topliss-reactive ketones (excluding diaryl/α,β-unsaturated/α-hetero) is 1. The molecule has 0 spiro atoms. The van der Waals surface area contributed by atoms with Crippen LogP contribution in [0.1, 0.15) is 35.2 Å². The zero-order valence-corrected chi connectivity index (χ0v) is 18.2. The molecule has 0 saturated carbocycles. The molecule has 1 atom stereocenters. The van der Waals surface area contributed by atoms with Crippen LogP contribution in [0.15, 0.2) is 72.4 Å². The van der Waals surface area contributed by atoms with Gasteiger partial charge in [0.05, 0.1) is 18.2 Å². The number of carbonyl (C=O) groups is 2. The Hall–Kier alpha value is -3.93. The summed E-state index contributed by atoms with van der Waals surface area (Å²) in [5.41, 5.74) is 3.06. The summed E-state index contributed by atoms with van der Waals surface area (Å²) >= 11 is 0. The van der Waals surface area contributed by atoms with Gasteiger partial charge < -0.3 is 9.84 Å². The zero-order valence-electron chi connectivity index (χ0n) is 18.2. The van der Waals surface area contributed by atoms with Crippen molar-refractivity contribution < 1.29 is 19.4 Å². The first-order valence-corrected chi connectivity index (χ1v) is 10.4. The Balaban J connectivity index is 1.90. The first kappa shape index (κ1) is 21.3. The molecule has 0 aliphatic carbocycles. The lowest BCUT2D eigenvalue weighted by Gasteiger charge is -2.24. The Morgan fingerprint density at radius 2 is 1.81 bits per heavy atom. The predicted octanol–water partition coefficient (Wildman–Crippen LogP) is 4.72. The third-order valence-corrected chi connectivity index (χ3v) is 5.48. The molecule has 1 unspecified atom stereocenters. The number of ether oxygens (including phenoxy) is 1. The third kappa shape index (κ3) is 3.75. The van der Waals surface area contributed by atoms with Crippen LogP contribution in [0.2, 0.25) is 0 Å². The number of aryl methyl sites for hydroxylation is 2. The van der Waals surface area contributed by atoms with Crippen LogP contribution >= 0.6 is 0 Å². The fourth-order valence-corrected chi connectivity index (χ4v) is 3.90. The van der Waals surface area contributed by atoms with E-state index < -0.39 is 17.7 Å². The van der Waals surface area contributed by atoms with Gasteiger partial charge in [-0.25, -0.2) is 4.98 Å². The molecule has 2 aromatic carbocycles. The Bertz CT molecular complexity index is 1200. The summed E-state index contributed by atoms with van der Waals surface area (Å²) in [5.74, 6) is -0.641. The maximum atomic E-state index is 13.1. The van der Waals surface area contributed by atoms with Crippen molar-refractivity contribution in [3.05, 3.63) is 94.7 Å². The number of anilines is 1. The summed E-state index contributed by atoms with van der Waals surface area (Å²) < 4.78 is 5.58. The number of pyridine rings is 1. The van der Waals surface area contributed by atoms with Crippen LogP contribution in [0.4, 0.5) is 5.82 Å². The number of aliphatic hydroxyl groups is 1. The van der Waals surface area contributed by atoms with E-state index in [1.54, 1.807) is 42.6 Å². The molecular formula is C26H24N2O4. The monoisotopic (exact) mass is 428 g/mol. The third-order valence-electron chi connectivity index (χ3n) is 5.48. The fourth-order valence-electron chi connectivity index (χ4n) is 3.90. The highest BCUT2D eigenvalue weighted by Gasteiger charge is 2.47. The van der Waals surface area contributed by atoms with Gasteiger partial charge in [-0.3, -0.25) is 14.5 Å². The van der Waals surface area contributed by atoms with Gasteiger partial charge in [0.2, 0.25) is 0 Å². The standard InChI is InChI=1S/C26H24N2O4/c1-4-32-20-13-12-19(15-17(20)3)24(29)22-23(18-10-8-16(2)9-11-18)28(26(31)25(22)30)21-7-5-6-14-27-21/h5-15,23,29H,4H2,1-3H3. The van der Waals surface area contributed by atoms with E-state index >= 15 is 0 Å². The van der Waals surface area contributed by atoms with Crippen LogP contribution < -0.4 is 9.64 Å². The molecule has 1 fully saturated rings. The van der Waals surface area contributed by atoms with Gasteiger partial charge in [-0.15, -0.1) is 0 Å². The van der Waals surface area contributed by atoms with Crippen molar-refractivity contribution in [2.75, 3.05) is 11.5 Å². The second-order valence-electron chi connectivity index (χ2n) is 7.68. The molecule has 2 heterocycles. The molecule has 1 saturated heterocycles. The normalized spacial score (nSPS) is 17.6. The Kier molecular flexibility index (Phi) is 5.77. The number of hydrogen-bond acceptors (Lipinski definition) is 5. The van der Waals surface area contributed by atoms with Crippen molar-refractivity contribution in [2.24, 2.45) is 0 Å². The number of aromatic nitrogens is 1. The van der Waals surface area contributed by atoms with E-state index in [1.165, 1.54) is 4.90 Å². The maximum Gasteiger partial charge on any atom is 0.301 e. The molecule has 4 rings (SSSR count). The van der Waals surface area contributed by atoms with E-state index in [0.717, 1.165) is 11.1 Å². The summed E-state index contributed by atoms with van der Waals surface area (Å²) in [6, 6.07) is 17.1. The average molecular weight is 428 g/mol. The molecule has 1 aliphatic rings. The van der Waals surface area contributed by atoms with Gasteiger partial charge in [0.1, 0.15) is 17.3 Å². The highest BCUT2D eigenvalue weighted by molar-refractivity contribution is 6.51. The van der Waals surface area contributed by atoms with Gasteiger partial charge in [-0.1, -0.05) is 35.9 Å². The summed E-state index contributed by atoms with van der Waals surface area (Å²) in [5, 5.41) is 11.2. The lowest BCUT2D eigenvalue weighted by Crippen LogP contribution is -2.30. The van der Waals surface area contributed by atoms with Crippen LogP contribution in [-0.4, -0.2) is 28.4 Å². The minimum absolute atomic E-state index is 0.0352. The molecule has 1 amide bonds. The van der Waals surface area contributed by atoms with Gasteiger partial charge in [-0.05, 0) is 62.2 Å². The van der Waals surface area contributed by atoms with Crippen molar-refractivity contribution in [3.8, 4) is 5.75 Å². The number of amides is 1. The molecular weight excluding hydrogens is 404 g/mol. The highest BCUT2D eigenvalue weighted by atomic mass is 16.5. The number of benzene rings is 2. The molecule has 32 heavy (non-hydrogen) atoms. The molecule has 1 aliphatic heterocycles. The van der Waals surface area contributed by atoms with Crippen LogP contribution in [0.3, 0.4) is 0 Å². The number of carbonyl (C=O) groups excluding carboxylic acids is 2. The van der Waals surface area contributed by atoms with E-state index in [9.17, 15) is 14.7 Å². The zero-order chi connectivity index (χ0) is 22.8. The Labute approximate surface area is 186 Å². The van der Waals surface area contributed by atoms with Gasteiger partial charge in [0.15, 0.2) is 0 Å². The number of nitrogens with zero attached hydrogens (tertiary/aromatic N) is 2. The van der Waals surface area contributed by atoms with Crippen molar-refractivity contribution in [3.63, 3.8) is 0 Å². The molecule has 3 aromatic rings. The number of hydrogen-bond donors (Lipinski definition) is 1. The van der Waals surface area contributed by atoms with Gasteiger partial charge in [-0.2, -0.15) is 0 Å². The fraction of sp³-hybridized carbons (Fsp3) is 0.192. The van der Waals surface area contributed by atoms with Crippen LogP contribution in [0.25, 0.3) is 5.76 Å². The first-order valence-electron chi connectivity index (χ1n) is 10.4. The first-order chi connectivity index (χ1) is 15.4. The van der Waals surface area contributed by atoms with Crippen molar-refractivity contribution in [2.45, 2.75) is 26.8 Å². The number of rotatable bonds is 5. The SMILES string of the molecule is CCOc1ccc(C(O)=C2C(=O)C(=O)N(c3ccccn3)C2c2ccc(C)cc2)cc1C. The van der Waals surface area contributed by atoms with Crippen LogP contribution in [0.5, 0.6) is 5.75 Å². The lowest BCUT2D eigenvalue weighted by molar-refractivity contribution is -0.132. The van der Waals surface area contributed by atoms with Crippen molar-refractivity contribution >= 4 is 23.3 Å². The number of aliphatic hydroxyl groups excluding tert-OH is 1. The largest absolute Gasteiger partial charge is 0.507 e. The van der Waals surface area contributed by atoms with E-state index in [4.69, 9.17) is 4.74 Å². The summed E-state index contributed by atoms with van der Waals surface area (Å²) in [6.07, 6.45) is 1.57. The number of ketones is 1. The molecule has 162 valence electrons. The van der Waals surface area contributed by atoms with E-state index in [1.807, 2.05) is 45.0 Å². The molecule has 6 heteroatoms. The molecule has 0 bridgehead atoms. The van der Waals surface area contributed by atoms with Gasteiger partial charge >= 0.3 is 5.91 Å². The minimum Gasteiger partial charge on any atom is -0.507 e. The van der Waals surface area contributed by atoms with E-state index in [0.29, 0.717) is 29.3 Å². The minimum atomic E-state index is -0.794. The maximum absolute atomic E-state index is 13.1. The Morgan fingerprint density at radius 3 is 2.44 bits per heavy atom. The second-order valence-corrected chi connectivity index (χ2v) is 7.68. The van der Waals surface area contributed by atoms with Crippen molar-refractivity contribution in [1.82, 2.24) is 4.98 Å². The molecule has 6 nitrogen and oxygen atoms in total. The van der Waals surface area contributed by atoms with E-state index in [2.05, 4.69) is 4.98 Å². The highest BCUT2D eigenvalue weighted by Crippen LogP contribution is 2.41. The second kappa shape index (κ2) is 8.67. The average Bonchev–Trinajstić information content (AvgIpc) is 3.06. The molecule has 0 radical (unpaired) electrons. The predicted molar refractivity (Wildman–Crippen MR) is 123 cm³/mol. The smallest absolute Gasteiger partial charge is 0.301 e.